The molecule has 0 aliphatic carbocycles. The van der Waals surface area contributed by atoms with Crippen LogP contribution in [-0.4, -0.2) is 74.8 Å². The van der Waals surface area contributed by atoms with Gasteiger partial charge in [0.2, 0.25) is 5.91 Å². The summed E-state index contributed by atoms with van der Waals surface area (Å²) in [5.41, 5.74) is 5.79. The smallest absolute Gasteiger partial charge is 0.241 e. The van der Waals surface area contributed by atoms with Crippen LogP contribution in [0.25, 0.3) is 0 Å². The van der Waals surface area contributed by atoms with Crippen molar-refractivity contribution in [2.75, 3.05) is 53.0 Å². The van der Waals surface area contributed by atoms with Gasteiger partial charge in [-0.15, -0.1) is 0 Å². The molecule has 22 heavy (non-hydrogen) atoms. The van der Waals surface area contributed by atoms with Crippen LogP contribution in [-0.2, 0) is 9.53 Å². The lowest BCUT2D eigenvalue weighted by molar-refractivity contribution is -0.135. The van der Waals surface area contributed by atoms with Crippen molar-refractivity contribution in [3.63, 3.8) is 0 Å². The Morgan fingerprint density at radius 1 is 1.23 bits per heavy atom. The van der Waals surface area contributed by atoms with Gasteiger partial charge in [0.05, 0.1) is 6.61 Å². The molecule has 6 nitrogen and oxygen atoms in total. The molecule has 0 bridgehead atoms. The fourth-order valence-corrected chi connectivity index (χ4v) is 2.49. The molecule has 1 saturated heterocycles. The first kappa shape index (κ1) is 16.7. The summed E-state index contributed by atoms with van der Waals surface area (Å²) in [4.78, 5) is 16.2. The first-order chi connectivity index (χ1) is 10.7. The molecule has 1 aromatic carbocycles. The van der Waals surface area contributed by atoms with E-state index < -0.39 is 6.04 Å². The summed E-state index contributed by atoms with van der Waals surface area (Å²) in [6.07, 6.45) is 0. The minimum absolute atomic E-state index is 0.0259. The van der Waals surface area contributed by atoms with Crippen LogP contribution >= 0.6 is 0 Å². The highest BCUT2D eigenvalue weighted by atomic mass is 16.5. The fourth-order valence-electron chi connectivity index (χ4n) is 2.49. The molecule has 0 saturated carbocycles. The monoisotopic (exact) mass is 307 g/mol. The summed E-state index contributed by atoms with van der Waals surface area (Å²) >= 11 is 0. The zero-order valence-corrected chi connectivity index (χ0v) is 13.1. The lowest BCUT2D eigenvalue weighted by Crippen LogP contribution is -2.54. The van der Waals surface area contributed by atoms with Crippen LogP contribution in [0, 0.1) is 0 Å². The molecule has 1 aromatic rings. The SMILES string of the molecule is COCC(N)C(=O)N1CCN(CCOc2ccccc2)CC1. The number of hydrogen-bond donors (Lipinski definition) is 1. The quantitative estimate of drug-likeness (QED) is 0.778. The molecule has 2 rings (SSSR count). The van der Waals surface area contributed by atoms with Gasteiger partial charge in [-0.2, -0.15) is 0 Å². The number of nitrogens with zero attached hydrogens (tertiary/aromatic N) is 2. The van der Waals surface area contributed by atoms with Gasteiger partial charge in [-0.3, -0.25) is 9.69 Å². The highest BCUT2D eigenvalue weighted by Crippen LogP contribution is 2.09. The molecule has 1 aliphatic heterocycles. The van der Waals surface area contributed by atoms with E-state index in [9.17, 15) is 4.79 Å². The zero-order valence-electron chi connectivity index (χ0n) is 13.1. The maximum Gasteiger partial charge on any atom is 0.241 e. The van der Waals surface area contributed by atoms with E-state index in [2.05, 4.69) is 4.90 Å². The van der Waals surface area contributed by atoms with E-state index in [1.165, 1.54) is 0 Å². The van der Waals surface area contributed by atoms with Crippen molar-refractivity contribution < 1.29 is 14.3 Å². The van der Waals surface area contributed by atoms with E-state index in [0.717, 1.165) is 25.4 Å². The second kappa shape index (κ2) is 8.73. The highest BCUT2D eigenvalue weighted by Gasteiger charge is 2.24. The molecule has 0 spiro atoms. The number of carbonyl (C=O) groups excluding carboxylic acids is 1. The number of methoxy groups -OCH3 is 1. The van der Waals surface area contributed by atoms with Crippen LogP contribution in [0.5, 0.6) is 5.75 Å². The van der Waals surface area contributed by atoms with Crippen LogP contribution in [0.3, 0.4) is 0 Å². The first-order valence-electron chi connectivity index (χ1n) is 7.64. The number of piperazine rings is 1. The van der Waals surface area contributed by atoms with Crippen LogP contribution in [0.15, 0.2) is 30.3 Å². The van der Waals surface area contributed by atoms with Gasteiger partial charge in [-0.05, 0) is 12.1 Å². The number of ether oxygens (including phenoxy) is 2. The van der Waals surface area contributed by atoms with Crippen molar-refractivity contribution in [1.82, 2.24) is 9.80 Å². The first-order valence-corrected chi connectivity index (χ1v) is 7.64. The van der Waals surface area contributed by atoms with Crippen molar-refractivity contribution in [3.8, 4) is 5.75 Å². The van der Waals surface area contributed by atoms with E-state index in [1.54, 1.807) is 7.11 Å². The lowest BCUT2D eigenvalue weighted by atomic mass is 10.2. The third-order valence-electron chi connectivity index (χ3n) is 3.77. The zero-order chi connectivity index (χ0) is 15.8. The number of rotatable bonds is 7. The third-order valence-corrected chi connectivity index (χ3v) is 3.77. The van der Waals surface area contributed by atoms with Gasteiger partial charge < -0.3 is 20.1 Å². The second-order valence-electron chi connectivity index (χ2n) is 5.39. The van der Waals surface area contributed by atoms with Gasteiger partial charge >= 0.3 is 0 Å². The molecule has 0 radical (unpaired) electrons. The molecular weight excluding hydrogens is 282 g/mol. The van der Waals surface area contributed by atoms with E-state index in [0.29, 0.717) is 19.7 Å². The summed E-state index contributed by atoms with van der Waals surface area (Å²) in [7, 11) is 1.55. The Kier molecular flexibility index (Phi) is 6.64. The predicted molar refractivity (Wildman–Crippen MR) is 84.8 cm³/mol. The van der Waals surface area contributed by atoms with E-state index >= 15 is 0 Å². The largest absolute Gasteiger partial charge is 0.492 e. The summed E-state index contributed by atoms with van der Waals surface area (Å²) in [6.45, 7) is 4.91. The van der Waals surface area contributed by atoms with E-state index in [4.69, 9.17) is 15.2 Å². The number of hydrogen-bond acceptors (Lipinski definition) is 5. The molecule has 1 fully saturated rings. The van der Waals surface area contributed by atoms with Crippen molar-refractivity contribution >= 4 is 5.91 Å². The molecule has 1 aliphatic rings. The van der Waals surface area contributed by atoms with Gasteiger partial charge in [0.25, 0.3) is 0 Å². The Labute approximate surface area is 131 Å². The van der Waals surface area contributed by atoms with Crippen molar-refractivity contribution in [2.24, 2.45) is 5.73 Å². The average molecular weight is 307 g/mol. The normalized spacial score (nSPS) is 17.3. The lowest BCUT2D eigenvalue weighted by Gasteiger charge is -2.35. The molecular formula is C16H25N3O3. The third kappa shape index (κ3) is 4.98. The number of amides is 1. The summed E-state index contributed by atoms with van der Waals surface area (Å²) in [5, 5.41) is 0. The Hall–Kier alpha value is -1.63. The molecule has 122 valence electrons. The minimum Gasteiger partial charge on any atom is -0.492 e. The molecule has 1 atom stereocenters. The Morgan fingerprint density at radius 3 is 2.55 bits per heavy atom. The predicted octanol–water partition coefficient (Wildman–Crippen LogP) is 0.183. The molecule has 6 heteroatoms. The van der Waals surface area contributed by atoms with Gasteiger partial charge in [-0.25, -0.2) is 0 Å². The number of benzene rings is 1. The maximum atomic E-state index is 12.1. The summed E-state index contributed by atoms with van der Waals surface area (Å²) < 4.78 is 10.6. The second-order valence-corrected chi connectivity index (χ2v) is 5.39. The van der Waals surface area contributed by atoms with Crippen molar-refractivity contribution in [1.29, 1.82) is 0 Å². The van der Waals surface area contributed by atoms with Crippen molar-refractivity contribution in [3.05, 3.63) is 30.3 Å². The average Bonchev–Trinajstić information content (AvgIpc) is 2.56. The van der Waals surface area contributed by atoms with E-state index in [1.807, 2.05) is 35.2 Å². The topological polar surface area (TPSA) is 68.0 Å². The van der Waals surface area contributed by atoms with Gasteiger partial charge in [0.1, 0.15) is 18.4 Å². The highest BCUT2D eigenvalue weighted by molar-refractivity contribution is 5.81. The molecule has 1 unspecified atom stereocenters. The maximum absolute atomic E-state index is 12.1. The van der Waals surface area contributed by atoms with Gasteiger partial charge in [0, 0.05) is 39.8 Å². The Bertz CT molecular complexity index is 447. The number of nitrogens with two attached hydrogens (primary N) is 1. The van der Waals surface area contributed by atoms with Crippen molar-refractivity contribution in [2.45, 2.75) is 6.04 Å². The number of carbonyl (C=O) groups is 1. The Morgan fingerprint density at radius 2 is 1.91 bits per heavy atom. The van der Waals surface area contributed by atoms with Crippen LogP contribution in [0.2, 0.25) is 0 Å². The summed E-state index contributed by atoms with van der Waals surface area (Å²) in [5.74, 6) is 0.865. The summed E-state index contributed by atoms with van der Waals surface area (Å²) in [6, 6.07) is 9.24. The van der Waals surface area contributed by atoms with E-state index in [-0.39, 0.29) is 12.5 Å². The van der Waals surface area contributed by atoms with Gasteiger partial charge in [0.15, 0.2) is 0 Å². The van der Waals surface area contributed by atoms with Gasteiger partial charge in [-0.1, -0.05) is 18.2 Å². The van der Waals surface area contributed by atoms with Crippen LogP contribution in [0.1, 0.15) is 0 Å². The molecule has 2 N–H and O–H groups in total. The van der Waals surface area contributed by atoms with Crippen LogP contribution in [0.4, 0.5) is 0 Å². The number of para-hydroxylation sites is 1. The Balaban J connectivity index is 1.66. The molecule has 1 heterocycles. The molecule has 0 aromatic heterocycles. The molecule has 1 amide bonds. The standard InChI is InChI=1S/C16H25N3O3/c1-21-13-15(17)16(20)19-9-7-18(8-10-19)11-12-22-14-5-3-2-4-6-14/h2-6,15H,7-13,17H2,1H3. The fraction of sp³-hybridized carbons (Fsp3) is 0.562. The van der Waals surface area contributed by atoms with Crippen LogP contribution < -0.4 is 10.5 Å². The minimum atomic E-state index is -0.557.